The zero-order chi connectivity index (χ0) is 51.3. The monoisotopic (exact) mass is 1000 g/mol. The first kappa shape index (κ1) is 66.4. The molecule has 0 saturated carbocycles. The highest BCUT2D eigenvalue weighted by Crippen LogP contribution is 2.43. The summed E-state index contributed by atoms with van der Waals surface area (Å²) in [6, 6.07) is 0. The van der Waals surface area contributed by atoms with Gasteiger partial charge in [0.05, 0.1) is 19.8 Å². The Bertz CT molecular complexity index is 1540. The minimum Gasteiger partial charge on any atom is -0.462 e. The number of allylic oxidation sites excluding steroid dienone is 16. The van der Waals surface area contributed by atoms with Crippen LogP contribution < -0.4 is 0 Å². The molecule has 12 heteroatoms. The number of hydrogen-bond acceptors (Lipinski definition) is 10. The van der Waals surface area contributed by atoms with Crippen LogP contribution in [0.15, 0.2) is 97.2 Å². The number of ether oxygens (including phenoxy) is 3. The van der Waals surface area contributed by atoms with Crippen molar-refractivity contribution in [3.63, 3.8) is 0 Å². The van der Waals surface area contributed by atoms with Crippen molar-refractivity contribution in [3.05, 3.63) is 97.2 Å². The van der Waals surface area contributed by atoms with E-state index in [2.05, 4.69) is 118 Å². The van der Waals surface area contributed by atoms with Crippen molar-refractivity contribution in [2.75, 3.05) is 26.4 Å². The van der Waals surface area contributed by atoms with Crippen molar-refractivity contribution in [1.82, 2.24) is 0 Å². The van der Waals surface area contributed by atoms with Gasteiger partial charge in [0.2, 0.25) is 0 Å². The van der Waals surface area contributed by atoms with E-state index in [0.29, 0.717) is 19.3 Å². The van der Waals surface area contributed by atoms with Gasteiger partial charge in [-0.25, -0.2) is 4.57 Å². The average molecular weight is 1000 g/mol. The third-order valence-corrected chi connectivity index (χ3v) is 12.0. The van der Waals surface area contributed by atoms with Crippen molar-refractivity contribution < 1.29 is 52.2 Å². The van der Waals surface area contributed by atoms with Gasteiger partial charge >= 0.3 is 25.7 Å². The first-order valence-electron chi connectivity index (χ1n) is 27.1. The smallest absolute Gasteiger partial charge is 0.462 e. The van der Waals surface area contributed by atoms with E-state index in [4.69, 9.17) is 23.3 Å². The van der Waals surface area contributed by atoms with Crippen LogP contribution in [-0.2, 0) is 42.2 Å². The van der Waals surface area contributed by atoms with E-state index in [1.807, 2.05) is 0 Å². The molecule has 3 unspecified atom stereocenters. The summed E-state index contributed by atoms with van der Waals surface area (Å²) < 4.78 is 39.3. The van der Waals surface area contributed by atoms with Gasteiger partial charge in [0, 0.05) is 19.3 Å². The number of rotatable bonds is 49. The molecule has 2 N–H and O–H groups in total. The zero-order valence-corrected chi connectivity index (χ0v) is 44.8. The second kappa shape index (κ2) is 51.7. The van der Waals surface area contributed by atoms with E-state index in [1.54, 1.807) is 0 Å². The minimum absolute atomic E-state index is 0.123. The van der Waals surface area contributed by atoms with Crippen LogP contribution in [0.3, 0.4) is 0 Å². The van der Waals surface area contributed by atoms with Crippen LogP contribution in [-0.4, -0.2) is 66.5 Å². The molecule has 0 rings (SSSR count). The van der Waals surface area contributed by atoms with Crippen LogP contribution in [0.1, 0.15) is 213 Å². The fourth-order valence-corrected chi connectivity index (χ4v) is 7.71. The Morgan fingerprint density at radius 2 is 0.743 bits per heavy atom. The maximum Gasteiger partial charge on any atom is 0.472 e. The topological polar surface area (TPSA) is 155 Å². The second-order valence-electron chi connectivity index (χ2n) is 17.6. The molecule has 0 aromatic rings. The molecule has 400 valence electrons. The predicted octanol–water partition coefficient (Wildman–Crippen LogP) is 15.7. The number of aliphatic hydroxyl groups is 1. The minimum atomic E-state index is -4.76. The molecule has 0 aliphatic heterocycles. The van der Waals surface area contributed by atoms with Crippen LogP contribution in [0.4, 0.5) is 0 Å². The normalized spacial score (nSPS) is 14.2. The van der Waals surface area contributed by atoms with Crippen LogP contribution in [0.25, 0.3) is 0 Å². The van der Waals surface area contributed by atoms with E-state index in [1.165, 1.54) is 44.9 Å². The molecule has 0 radical (unpaired) electrons. The van der Waals surface area contributed by atoms with E-state index < -0.39 is 57.8 Å². The summed E-state index contributed by atoms with van der Waals surface area (Å²) >= 11 is 0. The van der Waals surface area contributed by atoms with Gasteiger partial charge in [0.1, 0.15) is 12.7 Å². The lowest BCUT2D eigenvalue weighted by Gasteiger charge is -2.21. The highest BCUT2D eigenvalue weighted by atomic mass is 31.2. The Morgan fingerprint density at radius 1 is 0.414 bits per heavy atom. The number of esters is 3. The van der Waals surface area contributed by atoms with Gasteiger partial charge in [0.15, 0.2) is 6.10 Å². The second-order valence-corrected chi connectivity index (χ2v) is 19.1. The fraction of sp³-hybridized carbons (Fsp3) is 0.672. The highest BCUT2D eigenvalue weighted by molar-refractivity contribution is 7.47. The van der Waals surface area contributed by atoms with Gasteiger partial charge in [-0.3, -0.25) is 23.4 Å². The third kappa shape index (κ3) is 49.4. The fourth-order valence-electron chi connectivity index (χ4n) is 6.93. The summed E-state index contributed by atoms with van der Waals surface area (Å²) in [5, 5.41) is 9.78. The molecule has 0 aromatic carbocycles. The van der Waals surface area contributed by atoms with E-state index in [-0.39, 0.29) is 25.9 Å². The Balaban J connectivity index is 4.81. The molecule has 0 heterocycles. The molecular weight excluding hydrogens is 904 g/mol. The summed E-state index contributed by atoms with van der Waals surface area (Å²) in [6.45, 7) is 4.32. The number of phosphoric acid groups is 1. The Morgan fingerprint density at radius 3 is 1.14 bits per heavy atom. The lowest BCUT2D eigenvalue weighted by Crippen LogP contribution is -2.30. The zero-order valence-electron chi connectivity index (χ0n) is 43.9. The van der Waals surface area contributed by atoms with Gasteiger partial charge in [-0.1, -0.05) is 195 Å². The van der Waals surface area contributed by atoms with Gasteiger partial charge < -0.3 is 24.2 Å². The van der Waals surface area contributed by atoms with Crippen LogP contribution in [0, 0.1) is 0 Å². The van der Waals surface area contributed by atoms with Crippen LogP contribution in [0.5, 0.6) is 0 Å². The first-order valence-corrected chi connectivity index (χ1v) is 28.6. The Kier molecular flexibility index (Phi) is 49.1. The molecule has 0 aliphatic rings. The number of carbonyl (C=O) groups is 3. The lowest BCUT2D eigenvalue weighted by molar-refractivity contribution is -0.161. The molecule has 0 aliphatic carbocycles. The number of unbranched alkanes of at least 4 members (excludes halogenated alkanes) is 16. The van der Waals surface area contributed by atoms with Gasteiger partial charge in [0.25, 0.3) is 0 Å². The maximum absolute atomic E-state index is 12.9. The third-order valence-electron chi connectivity index (χ3n) is 11.0. The summed E-state index contributed by atoms with van der Waals surface area (Å²) in [5.41, 5.74) is 0. The van der Waals surface area contributed by atoms with E-state index in [0.717, 1.165) is 109 Å². The van der Waals surface area contributed by atoms with Gasteiger partial charge in [-0.15, -0.1) is 0 Å². The SMILES string of the molecule is CC/C=C\C/C=C\C/C=C\C/C=C\C/C=C\CCCCCC(=O)OC(COC(=O)CCCCCCCCCCCCC)COP(=O)(O)OCC(CO)OC(=O)CCCCC/C=C\C/C=C\C/C=C\CC. The van der Waals surface area contributed by atoms with Crippen LogP contribution >= 0.6 is 7.82 Å². The van der Waals surface area contributed by atoms with Crippen LogP contribution in [0.2, 0.25) is 0 Å². The Hall–Kier alpha value is -3.60. The van der Waals surface area contributed by atoms with Crippen molar-refractivity contribution in [2.45, 2.75) is 226 Å². The standard InChI is InChI=1S/C58H97O11P/c1-4-7-10-13-16-19-22-24-25-26-27-28-29-31-34-37-40-43-46-49-58(62)69-55(51-65-56(60)47-44-41-38-35-32-21-18-15-12-9-6-3)53-67-70(63,64)66-52-54(50-59)68-57(61)48-45-42-39-36-33-30-23-20-17-14-11-8-5-2/h7-8,10-11,16-17,19-20,24-25,27-28,30-31,33-34,54-55,59H,4-6,9,12-15,18,21-23,26,29,32,35-53H2,1-3H3,(H,63,64)/b10-7-,11-8-,19-16-,20-17-,25-24-,28-27-,33-30-,34-31-. The molecule has 70 heavy (non-hydrogen) atoms. The molecule has 3 atom stereocenters. The molecule has 0 saturated heterocycles. The number of hydrogen-bond donors (Lipinski definition) is 2. The molecule has 0 fully saturated rings. The molecule has 0 aromatic heterocycles. The van der Waals surface area contributed by atoms with Gasteiger partial charge in [-0.05, 0) is 96.3 Å². The summed E-state index contributed by atoms with van der Waals surface area (Å²) in [5.74, 6) is -1.54. The van der Waals surface area contributed by atoms with Crippen molar-refractivity contribution in [3.8, 4) is 0 Å². The summed E-state index contributed by atoms with van der Waals surface area (Å²) in [7, 11) is -4.76. The largest absolute Gasteiger partial charge is 0.472 e. The average Bonchev–Trinajstić information content (AvgIpc) is 3.35. The van der Waals surface area contributed by atoms with Crippen molar-refractivity contribution in [2.24, 2.45) is 0 Å². The molecule has 0 bridgehead atoms. The molecule has 11 nitrogen and oxygen atoms in total. The first-order chi connectivity index (χ1) is 34.2. The van der Waals surface area contributed by atoms with Crippen molar-refractivity contribution >= 4 is 25.7 Å². The summed E-state index contributed by atoms with van der Waals surface area (Å²) in [4.78, 5) is 48.4. The van der Waals surface area contributed by atoms with Gasteiger partial charge in [-0.2, -0.15) is 0 Å². The summed E-state index contributed by atoms with van der Waals surface area (Å²) in [6.07, 6.45) is 59.5. The number of phosphoric ester groups is 1. The molecular formula is C58H97O11P. The molecule has 0 amide bonds. The maximum atomic E-state index is 12.9. The highest BCUT2D eigenvalue weighted by Gasteiger charge is 2.28. The number of aliphatic hydroxyl groups excluding tert-OH is 1. The molecule has 0 spiro atoms. The quantitative estimate of drug-likeness (QED) is 0.0197. The van der Waals surface area contributed by atoms with Crippen molar-refractivity contribution in [1.29, 1.82) is 0 Å². The lowest BCUT2D eigenvalue weighted by atomic mass is 10.1. The number of carbonyl (C=O) groups excluding carboxylic acids is 3. The van der Waals surface area contributed by atoms with E-state index in [9.17, 15) is 28.9 Å². The predicted molar refractivity (Wildman–Crippen MR) is 288 cm³/mol. The Labute approximate surface area is 425 Å². The van der Waals surface area contributed by atoms with E-state index >= 15 is 0 Å².